The molecule has 5 nitrogen and oxygen atoms in total. The van der Waals surface area contributed by atoms with E-state index in [2.05, 4.69) is 15.6 Å². The SMILES string of the molecule is Cc1nc(CCNC(=O)NCCCO)cs1. The first kappa shape index (κ1) is 12.9. The van der Waals surface area contributed by atoms with E-state index >= 15 is 0 Å². The van der Waals surface area contributed by atoms with E-state index in [0.29, 0.717) is 19.5 Å². The van der Waals surface area contributed by atoms with Crippen LogP contribution in [0.25, 0.3) is 0 Å². The summed E-state index contributed by atoms with van der Waals surface area (Å²) in [6, 6.07) is -0.194. The highest BCUT2D eigenvalue weighted by Crippen LogP contribution is 2.07. The molecule has 3 N–H and O–H groups in total. The molecule has 6 heteroatoms. The first-order valence-electron chi connectivity index (χ1n) is 5.26. The smallest absolute Gasteiger partial charge is 0.314 e. The number of rotatable bonds is 6. The Bertz CT molecular complexity index is 328. The molecule has 0 aromatic carbocycles. The molecule has 0 aliphatic heterocycles. The molecule has 0 saturated heterocycles. The second-order valence-electron chi connectivity index (χ2n) is 3.37. The van der Waals surface area contributed by atoms with Crippen molar-refractivity contribution < 1.29 is 9.90 Å². The van der Waals surface area contributed by atoms with Gasteiger partial charge < -0.3 is 15.7 Å². The Balaban J connectivity index is 2.08. The summed E-state index contributed by atoms with van der Waals surface area (Å²) in [5.41, 5.74) is 1.01. The minimum Gasteiger partial charge on any atom is -0.396 e. The number of nitrogens with zero attached hydrogens (tertiary/aromatic N) is 1. The van der Waals surface area contributed by atoms with Crippen molar-refractivity contribution in [1.82, 2.24) is 15.6 Å². The van der Waals surface area contributed by atoms with Crippen molar-refractivity contribution in [3.8, 4) is 0 Å². The number of carbonyl (C=O) groups excluding carboxylic acids is 1. The van der Waals surface area contributed by atoms with Gasteiger partial charge in [-0.15, -0.1) is 11.3 Å². The molecule has 0 aliphatic rings. The molecule has 0 bridgehead atoms. The molecule has 1 aromatic rings. The third-order valence-electron chi connectivity index (χ3n) is 1.95. The fourth-order valence-electron chi connectivity index (χ4n) is 1.17. The lowest BCUT2D eigenvalue weighted by Crippen LogP contribution is -2.37. The molecule has 1 rings (SSSR count). The highest BCUT2D eigenvalue weighted by molar-refractivity contribution is 7.09. The number of amides is 2. The molecule has 0 spiro atoms. The average Bonchev–Trinajstić information content (AvgIpc) is 2.65. The largest absolute Gasteiger partial charge is 0.396 e. The normalized spacial score (nSPS) is 10.1. The van der Waals surface area contributed by atoms with E-state index in [9.17, 15) is 4.79 Å². The van der Waals surface area contributed by atoms with Gasteiger partial charge in [0.25, 0.3) is 0 Å². The lowest BCUT2D eigenvalue weighted by molar-refractivity contribution is 0.238. The third-order valence-corrected chi connectivity index (χ3v) is 2.78. The maximum Gasteiger partial charge on any atom is 0.314 e. The van der Waals surface area contributed by atoms with Gasteiger partial charge in [-0.1, -0.05) is 0 Å². The van der Waals surface area contributed by atoms with Gasteiger partial charge in [-0.25, -0.2) is 9.78 Å². The van der Waals surface area contributed by atoms with Gasteiger partial charge in [0.05, 0.1) is 10.7 Å². The van der Waals surface area contributed by atoms with Gasteiger partial charge >= 0.3 is 6.03 Å². The van der Waals surface area contributed by atoms with Crippen LogP contribution in [-0.2, 0) is 6.42 Å². The number of hydrogen-bond acceptors (Lipinski definition) is 4. The van der Waals surface area contributed by atoms with Gasteiger partial charge in [-0.05, 0) is 13.3 Å². The number of nitrogens with one attached hydrogen (secondary N) is 2. The molecule has 0 fully saturated rings. The number of carbonyl (C=O) groups is 1. The summed E-state index contributed by atoms with van der Waals surface area (Å²) in [4.78, 5) is 15.5. The number of urea groups is 1. The molecular formula is C10H17N3O2S. The second-order valence-corrected chi connectivity index (χ2v) is 4.43. The summed E-state index contributed by atoms with van der Waals surface area (Å²) in [5, 5.41) is 17.0. The van der Waals surface area contributed by atoms with Crippen LogP contribution in [0.15, 0.2) is 5.38 Å². The summed E-state index contributed by atoms with van der Waals surface area (Å²) in [6.07, 6.45) is 1.33. The standard InChI is InChI=1S/C10H17N3O2S/c1-8-13-9(7-16-8)3-5-12-10(15)11-4-2-6-14/h7,14H,2-6H2,1H3,(H2,11,12,15). The molecule has 0 atom stereocenters. The van der Waals surface area contributed by atoms with Gasteiger partial charge in [0.1, 0.15) is 0 Å². The highest BCUT2D eigenvalue weighted by atomic mass is 32.1. The third kappa shape index (κ3) is 5.09. The summed E-state index contributed by atoms with van der Waals surface area (Å²) < 4.78 is 0. The van der Waals surface area contributed by atoms with Crippen LogP contribution in [0.1, 0.15) is 17.1 Å². The molecule has 16 heavy (non-hydrogen) atoms. The Morgan fingerprint density at radius 1 is 1.50 bits per heavy atom. The summed E-state index contributed by atoms with van der Waals surface area (Å²) in [5.74, 6) is 0. The molecule has 1 aromatic heterocycles. The quantitative estimate of drug-likeness (QED) is 0.643. The topological polar surface area (TPSA) is 74.2 Å². The molecule has 0 aliphatic carbocycles. The van der Waals surface area contributed by atoms with Crippen LogP contribution < -0.4 is 10.6 Å². The van der Waals surface area contributed by atoms with E-state index in [-0.39, 0.29) is 12.6 Å². The molecular weight excluding hydrogens is 226 g/mol. The van der Waals surface area contributed by atoms with Crippen LogP contribution in [-0.4, -0.2) is 35.8 Å². The minimum atomic E-state index is -0.194. The molecule has 0 saturated carbocycles. The van der Waals surface area contributed by atoms with E-state index in [4.69, 9.17) is 5.11 Å². The van der Waals surface area contributed by atoms with E-state index in [1.807, 2.05) is 12.3 Å². The van der Waals surface area contributed by atoms with Crippen LogP contribution in [0.4, 0.5) is 4.79 Å². The van der Waals surface area contributed by atoms with Crippen LogP contribution >= 0.6 is 11.3 Å². The lowest BCUT2D eigenvalue weighted by atomic mass is 10.3. The Labute approximate surface area is 98.9 Å². The van der Waals surface area contributed by atoms with Crippen molar-refractivity contribution in [2.24, 2.45) is 0 Å². The second kappa shape index (κ2) is 7.19. The van der Waals surface area contributed by atoms with Crippen LogP contribution in [0, 0.1) is 6.92 Å². The monoisotopic (exact) mass is 243 g/mol. The summed E-state index contributed by atoms with van der Waals surface area (Å²) in [7, 11) is 0. The lowest BCUT2D eigenvalue weighted by Gasteiger charge is -2.05. The summed E-state index contributed by atoms with van der Waals surface area (Å²) in [6.45, 7) is 3.13. The van der Waals surface area contributed by atoms with Crippen LogP contribution in [0.2, 0.25) is 0 Å². The number of aliphatic hydroxyl groups is 1. The zero-order chi connectivity index (χ0) is 11.8. The number of aliphatic hydroxyl groups excluding tert-OH is 1. The summed E-state index contributed by atoms with van der Waals surface area (Å²) >= 11 is 1.61. The van der Waals surface area contributed by atoms with Gasteiger partial charge in [-0.3, -0.25) is 0 Å². The van der Waals surface area contributed by atoms with Crippen molar-refractivity contribution in [1.29, 1.82) is 0 Å². The van der Waals surface area contributed by atoms with Gasteiger partial charge in [0.2, 0.25) is 0 Å². The van der Waals surface area contributed by atoms with E-state index in [0.717, 1.165) is 17.1 Å². The number of aryl methyl sites for hydroxylation is 1. The van der Waals surface area contributed by atoms with Gasteiger partial charge in [0, 0.05) is 31.5 Å². The number of aromatic nitrogens is 1. The van der Waals surface area contributed by atoms with E-state index in [1.54, 1.807) is 11.3 Å². The fraction of sp³-hybridized carbons (Fsp3) is 0.600. The molecule has 2 amide bonds. The predicted octanol–water partition coefficient (Wildman–Crippen LogP) is 0.676. The molecule has 0 radical (unpaired) electrons. The first-order chi connectivity index (χ1) is 7.72. The van der Waals surface area contributed by atoms with Crippen LogP contribution in [0.5, 0.6) is 0 Å². The number of hydrogen-bond donors (Lipinski definition) is 3. The Morgan fingerprint density at radius 3 is 2.88 bits per heavy atom. The number of thiazole rings is 1. The van der Waals surface area contributed by atoms with E-state index < -0.39 is 0 Å². The predicted molar refractivity (Wildman–Crippen MR) is 63.7 cm³/mol. The van der Waals surface area contributed by atoms with E-state index in [1.165, 1.54) is 0 Å². The maximum atomic E-state index is 11.2. The van der Waals surface area contributed by atoms with Crippen molar-refractivity contribution in [3.63, 3.8) is 0 Å². The Kier molecular flexibility index (Phi) is 5.81. The van der Waals surface area contributed by atoms with Crippen molar-refractivity contribution >= 4 is 17.4 Å². The highest BCUT2D eigenvalue weighted by Gasteiger charge is 2.01. The zero-order valence-electron chi connectivity index (χ0n) is 9.32. The molecule has 1 heterocycles. The van der Waals surface area contributed by atoms with Crippen molar-refractivity contribution in [3.05, 3.63) is 16.1 Å². The minimum absolute atomic E-state index is 0.0956. The zero-order valence-corrected chi connectivity index (χ0v) is 10.1. The van der Waals surface area contributed by atoms with Gasteiger partial charge in [-0.2, -0.15) is 0 Å². The van der Waals surface area contributed by atoms with Crippen molar-refractivity contribution in [2.75, 3.05) is 19.7 Å². The molecule has 90 valence electrons. The van der Waals surface area contributed by atoms with Crippen LogP contribution in [0.3, 0.4) is 0 Å². The molecule has 0 unspecified atom stereocenters. The van der Waals surface area contributed by atoms with Gasteiger partial charge in [0.15, 0.2) is 0 Å². The first-order valence-corrected chi connectivity index (χ1v) is 6.14. The van der Waals surface area contributed by atoms with Crippen molar-refractivity contribution in [2.45, 2.75) is 19.8 Å². The average molecular weight is 243 g/mol. The Hall–Kier alpha value is -1.14. The maximum absolute atomic E-state index is 11.2. The fourth-order valence-corrected chi connectivity index (χ4v) is 1.82. The Morgan fingerprint density at radius 2 is 2.25 bits per heavy atom.